The summed E-state index contributed by atoms with van der Waals surface area (Å²) in [6, 6.07) is 19.3. The zero-order chi connectivity index (χ0) is 15.5. The molecule has 22 heavy (non-hydrogen) atoms. The van der Waals surface area contributed by atoms with Crippen molar-refractivity contribution in [2.45, 2.75) is 0 Å². The molecular weight excluding hydrogens is 389 g/mol. The average molecular weight is 403 g/mol. The maximum absolute atomic E-state index is 12.6. The molecule has 0 saturated heterocycles. The van der Waals surface area contributed by atoms with Crippen molar-refractivity contribution in [2.24, 2.45) is 0 Å². The van der Waals surface area contributed by atoms with Crippen molar-refractivity contribution in [2.75, 3.05) is 12.4 Å². The maximum Gasteiger partial charge on any atom is 0.259 e. The number of carbonyl (C=O) groups is 1. The fraction of sp³-hybridized carbons (Fsp3) is 0.0556. The lowest BCUT2D eigenvalue weighted by Crippen LogP contribution is -2.14. The number of fused-ring (bicyclic) bond motifs is 1. The fourth-order valence-electron chi connectivity index (χ4n) is 2.32. The summed E-state index contributed by atoms with van der Waals surface area (Å²) in [5.41, 5.74) is 1.32. The molecule has 1 N–H and O–H groups in total. The summed E-state index contributed by atoms with van der Waals surface area (Å²) < 4.78 is 6.37. The smallest absolute Gasteiger partial charge is 0.259 e. The number of amides is 1. The Labute approximate surface area is 142 Å². The van der Waals surface area contributed by atoms with Gasteiger partial charge in [-0.15, -0.1) is 0 Å². The van der Waals surface area contributed by atoms with Gasteiger partial charge in [0.25, 0.3) is 5.91 Å². The van der Waals surface area contributed by atoms with E-state index in [1.165, 1.54) is 0 Å². The Bertz CT molecular complexity index is 845. The van der Waals surface area contributed by atoms with E-state index >= 15 is 0 Å². The molecule has 0 heterocycles. The van der Waals surface area contributed by atoms with E-state index in [9.17, 15) is 4.79 Å². The van der Waals surface area contributed by atoms with Crippen LogP contribution in [-0.4, -0.2) is 13.0 Å². The van der Waals surface area contributed by atoms with Crippen LogP contribution in [0.25, 0.3) is 10.8 Å². The van der Waals surface area contributed by atoms with Crippen LogP contribution in [-0.2, 0) is 0 Å². The van der Waals surface area contributed by atoms with E-state index in [0.717, 1.165) is 20.0 Å². The van der Waals surface area contributed by atoms with Crippen LogP contribution < -0.4 is 10.1 Å². The van der Waals surface area contributed by atoms with Gasteiger partial charge >= 0.3 is 0 Å². The Hall–Kier alpha value is -2.08. The molecule has 3 nitrogen and oxygen atoms in total. The normalized spacial score (nSPS) is 10.5. The van der Waals surface area contributed by atoms with Gasteiger partial charge in [-0.25, -0.2) is 0 Å². The molecule has 3 aromatic carbocycles. The molecule has 110 valence electrons. The number of halogens is 1. The van der Waals surface area contributed by atoms with Gasteiger partial charge in [0.1, 0.15) is 5.75 Å². The van der Waals surface area contributed by atoms with Gasteiger partial charge in [-0.1, -0.05) is 36.4 Å². The Morgan fingerprint density at radius 1 is 1.00 bits per heavy atom. The van der Waals surface area contributed by atoms with Crippen LogP contribution in [0.4, 0.5) is 5.69 Å². The third-order valence-electron chi connectivity index (χ3n) is 3.43. The number of nitrogens with one attached hydrogen (secondary N) is 1. The number of rotatable bonds is 3. The maximum atomic E-state index is 12.6. The Morgan fingerprint density at radius 2 is 1.64 bits per heavy atom. The SMILES string of the molecule is COc1cc2ccccc2cc1C(=O)Nc1ccccc1I. The summed E-state index contributed by atoms with van der Waals surface area (Å²) in [7, 11) is 1.58. The van der Waals surface area contributed by atoms with Crippen molar-refractivity contribution in [3.05, 3.63) is 69.8 Å². The number of benzene rings is 3. The first-order chi connectivity index (χ1) is 10.7. The number of methoxy groups -OCH3 is 1. The summed E-state index contributed by atoms with van der Waals surface area (Å²) in [6.07, 6.45) is 0. The summed E-state index contributed by atoms with van der Waals surface area (Å²) >= 11 is 2.20. The summed E-state index contributed by atoms with van der Waals surface area (Å²) in [5, 5.41) is 5.00. The largest absolute Gasteiger partial charge is 0.496 e. The van der Waals surface area contributed by atoms with Crippen LogP contribution in [0.3, 0.4) is 0 Å². The standard InChI is InChI=1S/C18H14INO2/c1-22-17-11-13-7-3-2-6-12(13)10-14(17)18(21)20-16-9-5-4-8-15(16)19/h2-11H,1H3,(H,20,21). The van der Waals surface area contributed by atoms with Crippen LogP contribution in [0.5, 0.6) is 5.75 Å². The first-order valence-corrected chi connectivity index (χ1v) is 7.89. The Morgan fingerprint density at radius 3 is 2.32 bits per heavy atom. The van der Waals surface area contributed by atoms with Gasteiger partial charge < -0.3 is 10.1 Å². The third kappa shape index (κ3) is 2.92. The second-order valence-electron chi connectivity index (χ2n) is 4.83. The minimum absolute atomic E-state index is 0.174. The van der Waals surface area contributed by atoms with Gasteiger partial charge in [0.15, 0.2) is 0 Å². The van der Waals surface area contributed by atoms with Crippen LogP contribution in [0.15, 0.2) is 60.7 Å². The number of carbonyl (C=O) groups excluding carboxylic acids is 1. The van der Waals surface area contributed by atoms with E-state index in [0.29, 0.717) is 11.3 Å². The number of hydrogen-bond donors (Lipinski definition) is 1. The van der Waals surface area contributed by atoms with Gasteiger partial charge in [-0.3, -0.25) is 4.79 Å². The topological polar surface area (TPSA) is 38.3 Å². The van der Waals surface area contributed by atoms with Gasteiger partial charge in [0.2, 0.25) is 0 Å². The van der Waals surface area contributed by atoms with E-state index in [-0.39, 0.29) is 5.91 Å². The predicted molar refractivity (Wildman–Crippen MR) is 97.6 cm³/mol. The molecule has 0 radical (unpaired) electrons. The fourth-order valence-corrected chi connectivity index (χ4v) is 2.84. The van der Waals surface area contributed by atoms with Crippen LogP contribution in [0.1, 0.15) is 10.4 Å². The molecule has 0 spiro atoms. The molecule has 0 fully saturated rings. The number of ether oxygens (including phenoxy) is 1. The second kappa shape index (κ2) is 6.36. The average Bonchev–Trinajstić information content (AvgIpc) is 2.55. The monoisotopic (exact) mass is 403 g/mol. The van der Waals surface area contributed by atoms with Crippen molar-refractivity contribution in [1.29, 1.82) is 0 Å². The molecule has 0 bridgehead atoms. The number of anilines is 1. The zero-order valence-corrected chi connectivity index (χ0v) is 14.1. The van der Waals surface area contributed by atoms with Gasteiger partial charge in [-0.05, 0) is 57.6 Å². The highest BCUT2D eigenvalue weighted by Crippen LogP contribution is 2.27. The molecular formula is C18H14INO2. The first kappa shape index (κ1) is 14.8. The number of para-hydroxylation sites is 1. The summed E-state index contributed by atoms with van der Waals surface area (Å²) in [5.74, 6) is 0.397. The molecule has 0 aliphatic carbocycles. The first-order valence-electron chi connectivity index (χ1n) is 6.81. The van der Waals surface area contributed by atoms with E-state index in [1.807, 2.05) is 60.7 Å². The highest BCUT2D eigenvalue weighted by molar-refractivity contribution is 14.1. The molecule has 0 saturated carbocycles. The van der Waals surface area contributed by atoms with E-state index in [4.69, 9.17) is 4.74 Å². The summed E-state index contributed by atoms with van der Waals surface area (Å²) in [6.45, 7) is 0. The van der Waals surface area contributed by atoms with Crippen LogP contribution in [0.2, 0.25) is 0 Å². The van der Waals surface area contributed by atoms with E-state index in [1.54, 1.807) is 7.11 Å². The molecule has 0 atom stereocenters. The minimum atomic E-state index is -0.174. The molecule has 0 unspecified atom stereocenters. The third-order valence-corrected chi connectivity index (χ3v) is 4.38. The Kier molecular flexibility index (Phi) is 4.29. The van der Waals surface area contributed by atoms with Crippen molar-refractivity contribution >= 4 is 45.0 Å². The second-order valence-corrected chi connectivity index (χ2v) is 6.00. The molecule has 0 aromatic heterocycles. The van der Waals surface area contributed by atoms with Crippen molar-refractivity contribution in [1.82, 2.24) is 0 Å². The lowest BCUT2D eigenvalue weighted by molar-refractivity contribution is 0.102. The highest BCUT2D eigenvalue weighted by Gasteiger charge is 2.14. The molecule has 0 aliphatic heterocycles. The highest BCUT2D eigenvalue weighted by atomic mass is 127. The van der Waals surface area contributed by atoms with Crippen LogP contribution in [0, 0.1) is 3.57 Å². The predicted octanol–water partition coefficient (Wildman–Crippen LogP) is 4.71. The van der Waals surface area contributed by atoms with Crippen molar-refractivity contribution in [3.63, 3.8) is 0 Å². The van der Waals surface area contributed by atoms with Crippen molar-refractivity contribution < 1.29 is 9.53 Å². The molecule has 0 aliphatic rings. The van der Waals surface area contributed by atoms with E-state index < -0.39 is 0 Å². The number of hydrogen-bond acceptors (Lipinski definition) is 2. The van der Waals surface area contributed by atoms with Gasteiger partial charge in [0.05, 0.1) is 18.4 Å². The minimum Gasteiger partial charge on any atom is -0.496 e. The van der Waals surface area contributed by atoms with Gasteiger partial charge in [0, 0.05) is 3.57 Å². The molecule has 4 heteroatoms. The quantitative estimate of drug-likeness (QED) is 0.644. The zero-order valence-electron chi connectivity index (χ0n) is 12.0. The molecule has 3 rings (SSSR count). The van der Waals surface area contributed by atoms with Crippen LogP contribution >= 0.6 is 22.6 Å². The van der Waals surface area contributed by atoms with E-state index in [2.05, 4.69) is 27.9 Å². The lowest BCUT2D eigenvalue weighted by atomic mass is 10.1. The molecule has 1 amide bonds. The lowest BCUT2D eigenvalue weighted by Gasteiger charge is -2.12. The summed E-state index contributed by atoms with van der Waals surface area (Å²) in [4.78, 5) is 12.6. The molecule has 3 aromatic rings. The van der Waals surface area contributed by atoms with Gasteiger partial charge in [-0.2, -0.15) is 0 Å². The van der Waals surface area contributed by atoms with Crippen molar-refractivity contribution in [3.8, 4) is 5.75 Å². The Balaban J connectivity index is 2.01.